The number of benzene rings is 1. The molecule has 5 heteroatoms. The summed E-state index contributed by atoms with van der Waals surface area (Å²) in [6.45, 7) is 6.11. The van der Waals surface area contributed by atoms with Crippen LogP contribution in [0.15, 0.2) is 17.5 Å². The van der Waals surface area contributed by atoms with Gasteiger partial charge in [0.1, 0.15) is 5.75 Å². The van der Waals surface area contributed by atoms with Gasteiger partial charge in [-0.3, -0.25) is 5.84 Å². The van der Waals surface area contributed by atoms with Crippen molar-refractivity contribution < 1.29 is 4.74 Å². The molecule has 102 valence electrons. The number of aromatic nitrogens is 1. The lowest BCUT2D eigenvalue weighted by Gasteiger charge is -2.20. The Kier molecular flexibility index (Phi) is 4.19. The third-order valence-electron chi connectivity index (χ3n) is 3.32. The third-order valence-corrected chi connectivity index (χ3v) is 4.11. The number of thiazole rings is 1. The van der Waals surface area contributed by atoms with Crippen LogP contribution in [0.3, 0.4) is 0 Å². The largest absolute Gasteiger partial charge is 0.496 e. The van der Waals surface area contributed by atoms with Crippen molar-refractivity contribution in [1.29, 1.82) is 0 Å². The molecule has 0 amide bonds. The molecule has 4 nitrogen and oxygen atoms in total. The topological polar surface area (TPSA) is 60.2 Å². The summed E-state index contributed by atoms with van der Waals surface area (Å²) >= 11 is 1.62. The summed E-state index contributed by atoms with van der Waals surface area (Å²) in [5.41, 5.74) is 7.10. The molecule has 0 aliphatic rings. The lowest BCUT2D eigenvalue weighted by atomic mass is 9.98. The van der Waals surface area contributed by atoms with Crippen LogP contribution in [0.2, 0.25) is 0 Å². The molecular weight excluding hydrogens is 258 g/mol. The molecule has 2 aromatic rings. The van der Waals surface area contributed by atoms with E-state index in [9.17, 15) is 0 Å². The molecule has 0 saturated heterocycles. The Morgan fingerprint density at radius 3 is 2.58 bits per heavy atom. The van der Waals surface area contributed by atoms with Crippen LogP contribution in [0.4, 0.5) is 0 Å². The maximum absolute atomic E-state index is 5.72. The molecular formula is C14H19N3OS. The van der Waals surface area contributed by atoms with Gasteiger partial charge in [0, 0.05) is 10.9 Å². The number of hydrazine groups is 1. The maximum Gasteiger partial charge on any atom is 0.127 e. The summed E-state index contributed by atoms with van der Waals surface area (Å²) in [5, 5.41) is 3.05. The first-order valence-electron chi connectivity index (χ1n) is 6.10. The van der Waals surface area contributed by atoms with Crippen LogP contribution in [0.25, 0.3) is 0 Å². The summed E-state index contributed by atoms with van der Waals surface area (Å²) in [4.78, 5) is 4.51. The van der Waals surface area contributed by atoms with Gasteiger partial charge in [0.15, 0.2) is 0 Å². The number of nitrogens with one attached hydrogen (secondary N) is 1. The van der Waals surface area contributed by atoms with E-state index in [-0.39, 0.29) is 6.04 Å². The SMILES string of the molecule is COc1c(C(NN)c2csc(C)n2)ccc(C)c1C. The van der Waals surface area contributed by atoms with E-state index >= 15 is 0 Å². The molecule has 0 aliphatic carbocycles. The maximum atomic E-state index is 5.72. The van der Waals surface area contributed by atoms with E-state index in [1.54, 1.807) is 18.4 Å². The van der Waals surface area contributed by atoms with E-state index in [1.165, 1.54) is 5.56 Å². The second kappa shape index (κ2) is 5.69. The second-order valence-corrected chi connectivity index (χ2v) is 5.58. The summed E-state index contributed by atoms with van der Waals surface area (Å²) in [6, 6.07) is 3.97. The van der Waals surface area contributed by atoms with Crippen LogP contribution >= 0.6 is 11.3 Å². The molecule has 1 aromatic carbocycles. The first kappa shape index (κ1) is 14.0. The van der Waals surface area contributed by atoms with Crippen LogP contribution in [0.1, 0.15) is 33.4 Å². The van der Waals surface area contributed by atoms with Crippen molar-refractivity contribution in [3.63, 3.8) is 0 Å². The highest BCUT2D eigenvalue weighted by molar-refractivity contribution is 7.09. The van der Waals surface area contributed by atoms with E-state index in [4.69, 9.17) is 10.6 Å². The number of nitrogens with zero attached hydrogens (tertiary/aromatic N) is 1. The molecule has 0 aliphatic heterocycles. The Hall–Kier alpha value is -1.43. The van der Waals surface area contributed by atoms with Gasteiger partial charge in [-0.05, 0) is 31.9 Å². The van der Waals surface area contributed by atoms with Crippen LogP contribution in [-0.4, -0.2) is 12.1 Å². The van der Waals surface area contributed by atoms with Crippen LogP contribution in [-0.2, 0) is 0 Å². The lowest BCUT2D eigenvalue weighted by Crippen LogP contribution is -2.29. The Bertz CT molecular complexity index is 580. The van der Waals surface area contributed by atoms with Crippen molar-refractivity contribution >= 4 is 11.3 Å². The number of rotatable bonds is 4. The monoisotopic (exact) mass is 277 g/mol. The van der Waals surface area contributed by atoms with Crippen molar-refractivity contribution in [2.75, 3.05) is 7.11 Å². The molecule has 1 aromatic heterocycles. The van der Waals surface area contributed by atoms with E-state index in [0.717, 1.165) is 27.6 Å². The highest BCUT2D eigenvalue weighted by Crippen LogP contribution is 2.34. The molecule has 0 bridgehead atoms. The molecule has 0 saturated carbocycles. The standard InChI is InChI=1S/C14H19N3OS/c1-8-5-6-11(14(18-4)9(8)2)13(17-15)12-7-19-10(3)16-12/h5-7,13,17H,15H2,1-4H3. The Morgan fingerprint density at radius 1 is 1.32 bits per heavy atom. The van der Waals surface area contributed by atoms with Crippen molar-refractivity contribution in [3.8, 4) is 5.75 Å². The smallest absolute Gasteiger partial charge is 0.127 e. The average Bonchev–Trinajstić information content (AvgIpc) is 2.81. The average molecular weight is 277 g/mol. The Labute approximate surface area is 117 Å². The van der Waals surface area contributed by atoms with Gasteiger partial charge in [0.2, 0.25) is 0 Å². The fourth-order valence-corrected chi connectivity index (χ4v) is 2.79. The lowest BCUT2D eigenvalue weighted by molar-refractivity contribution is 0.400. The number of ether oxygens (including phenoxy) is 1. The van der Waals surface area contributed by atoms with Crippen LogP contribution < -0.4 is 16.0 Å². The molecule has 1 atom stereocenters. The Balaban J connectivity index is 2.52. The zero-order chi connectivity index (χ0) is 14.0. The third kappa shape index (κ3) is 2.63. The van der Waals surface area contributed by atoms with Gasteiger partial charge in [-0.1, -0.05) is 12.1 Å². The molecule has 19 heavy (non-hydrogen) atoms. The summed E-state index contributed by atoms with van der Waals surface area (Å²) < 4.78 is 5.55. The summed E-state index contributed by atoms with van der Waals surface area (Å²) in [5.74, 6) is 6.59. The summed E-state index contributed by atoms with van der Waals surface area (Å²) in [6.07, 6.45) is 0. The molecule has 0 radical (unpaired) electrons. The minimum absolute atomic E-state index is 0.154. The van der Waals surface area contributed by atoms with E-state index < -0.39 is 0 Å². The van der Waals surface area contributed by atoms with E-state index in [0.29, 0.717) is 0 Å². The van der Waals surface area contributed by atoms with Crippen molar-refractivity contribution in [1.82, 2.24) is 10.4 Å². The molecule has 0 fully saturated rings. The van der Waals surface area contributed by atoms with Gasteiger partial charge < -0.3 is 4.74 Å². The zero-order valence-electron chi connectivity index (χ0n) is 11.7. The fourth-order valence-electron chi connectivity index (χ4n) is 2.16. The predicted octanol–water partition coefficient (Wildman–Crippen LogP) is 2.63. The molecule has 0 spiro atoms. The number of nitrogens with two attached hydrogens (primary N) is 1. The highest BCUT2D eigenvalue weighted by atomic mass is 32.1. The Morgan fingerprint density at radius 2 is 2.05 bits per heavy atom. The predicted molar refractivity (Wildman–Crippen MR) is 78.5 cm³/mol. The second-order valence-electron chi connectivity index (χ2n) is 4.52. The first-order chi connectivity index (χ1) is 9.08. The number of aryl methyl sites for hydroxylation is 2. The summed E-state index contributed by atoms with van der Waals surface area (Å²) in [7, 11) is 1.69. The molecule has 3 N–H and O–H groups in total. The van der Waals surface area contributed by atoms with Gasteiger partial charge in [0.25, 0.3) is 0 Å². The van der Waals surface area contributed by atoms with Gasteiger partial charge in [-0.15, -0.1) is 11.3 Å². The number of hydrogen-bond acceptors (Lipinski definition) is 5. The minimum atomic E-state index is -0.154. The van der Waals surface area contributed by atoms with E-state index in [1.807, 2.05) is 18.4 Å². The quantitative estimate of drug-likeness (QED) is 0.666. The minimum Gasteiger partial charge on any atom is -0.496 e. The molecule has 1 unspecified atom stereocenters. The fraction of sp³-hybridized carbons (Fsp3) is 0.357. The van der Waals surface area contributed by atoms with Crippen molar-refractivity contribution in [3.05, 3.63) is 44.9 Å². The molecule has 2 rings (SSSR count). The van der Waals surface area contributed by atoms with E-state index in [2.05, 4.69) is 30.3 Å². The highest BCUT2D eigenvalue weighted by Gasteiger charge is 2.21. The van der Waals surface area contributed by atoms with Gasteiger partial charge in [-0.25, -0.2) is 10.4 Å². The van der Waals surface area contributed by atoms with Crippen LogP contribution in [0.5, 0.6) is 5.75 Å². The van der Waals surface area contributed by atoms with Crippen molar-refractivity contribution in [2.45, 2.75) is 26.8 Å². The van der Waals surface area contributed by atoms with Gasteiger partial charge in [-0.2, -0.15) is 0 Å². The van der Waals surface area contributed by atoms with Gasteiger partial charge in [0.05, 0.1) is 23.9 Å². The molecule has 1 heterocycles. The van der Waals surface area contributed by atoms with Gasteiger partial charge >= 0.3 is 0 Å². The van der Waals surface area contributed by atoms with Crippen molar-refractivity contribution in [2.24, 2.45) is 5.84 Å². The first-order valence-corrected chi connectivity index (χ1v) is 6.98. The number of hydrogen-bond donors (Lipinski definition) is 2. The normalized spacial score (nSPS) is 12.5. The zero-order valence-corrected chi connectivity index (χ0v) is 12.5. The number of methoxy groups -OCH3 is 1. The van der Waals surface area contributed by atoms with Crippen LogP contribution in [0, 0.1) is 20.8 Å².